The minimum absolute atomic E-state index is 0.122. The Morgan fingerprint density at radius 2 is 2.14 bits per heavy atom. The summed E-state index contributed by atoms with van der Waals surface area (Å²) in [5, 5.41) is 12.6. The second kappa shape index (κ2) is 6.89. The minimum Gasteiger partial charge on any atom is -0.496 e. The van der Waals surface area contributed by atoms with Gasteiger partial charge in [-0.25, -0.2) is 0 Å². The maximum atomic E-state index is 13.3. The Morgan fingerprint density at radius 3 is 2.93 bits per heavy atom. The number of halogens is 1. The van der Waals surface area contributed by atoms with Crippen LogP contribution in [-0.2, 0) is 13.0 Å². The number of nitrogens with zero attached hydrogens (tertiary/aromatic N) is 5. The first-order chi connectivity index (χ1) is 14.2. The van der Waals surface area contributed by atoms with Gasteiger partial charge < -0.3 is 14.6 Å². The van der Waals surface area contributed by atoms with Gasteiger partial charge in [0.15, 0.2) is 0 Å². The van der Waals surface area contributed by atoms with Gasteiger partial charge in [0.2, 0.25) is 0 Å². The lowest BCUT2D eigenvalue weighted by molar-refractivity contribution is 0.0731. The quantitative estimate of drug-likeness (QED) is 0.563. The third-order valence-corrected chi connectivity index (χ3v) is 5.57. The number of amides is 1. The van der Waals surface area contributed by atoms with Crippen molar-refractivity contribution in [2.45, 2.75) is 13.0 Å². The zero-order valence-electron chi connectivity index (χ0n) is 15.6. The summed E-state index contributed by atoms with van der Waals surface area (Å²) in [4.78, 5) is 18.6. The summed E-state index contributed by atoms with van der Waals surface area (Å²) < 4.78 is 6.91. The fourth-order valence-corrected chi connectivity index (χ4v) is 4.09. The SMILES string of the molecule is COc1cc(-n2cnnn2)c(Cl)cc1C(=O)N1CCc2[nH]c3ccccc3c2C1. The van der Waals surface area contributed by atoms with Gasteiger partial charge in [0.1, 0.15) is 12.1 Å². The highest BCUT2D eigenvalue weighted by Gasteiger charge is 2.27. The number of nitrogens with one attached hydrogen (secondary N) is 1. The molecule has 1 aliphatic rings. The van der Waals surface area contributed by atoms with Crippen molar-refractivity contribution in [3.63, 3.8) is 0 Å². The van der Waals surface area contributed by atoms with Crippen LogP contribution in [0.4, 0.5) is 0 Å². The van der Waals surface area contributed by atoms with Crippen LogP contribution in [0.5, 0.6) is 5.75 Å². The normalized spacial score (nSPS) is 13.5. The summed E-state index contributed by atoms with van der Waals surface area (Å²) in [6.45, 7) is 1.15. The third-order valence-electron chi connectivity index (χ3n) is 5.27. The maximum Gasteiger partial charge on any atom is 0.257 e. The number of H-pyrrole nitrogens is 1. The highest BCUT2D eigenvalue weighted by atomic mass is 35.5. The van der Waals surface area contributed by atoms with E-state index in [1.165, 1.54) is 23.8 Å². The number of aromatic amines is 1. The average Bonchev–Trinajstić information content (AvgIpc) is 3.40. The molecule has 5 rings (SSSR count). The second-order valence-electron chi connectivity index (χ2n) is 6.86. The largest absolute Gasteiger partial charge is 0.496 e. The molecule has 29 heavy (non-hydrogen) atoms. The van der Waals surface area contributed by atoms with Crippen molar-refractivity contribution < 1.29 is 9.53 Å². The molecule has 2 aromatic heterocycles. The van der Waals surface area contributed by atoms with Crippen molar-refractivity contribution in [3.05, 3.63) is 64.6 Å². The standard InChI is InChI=1S/C20H17ClN6O2/c1-29-19-9-18(27-11-22-24-25-27)15(21)8-13(19)20(28)26-7-6-17-14(10-26)12-4-2-3-5-16(12)23-17/h2-5,8-9,11,23H,6-7,10H2,1H3. The number of carbonyl (C=O) groups is 1. The molecule has 0 atom stereocenters. The lowest BCUT2D eigenvalue weighted by Gasteiger charge is -2.28. The van der Waals surface area contributed by atoms with Crippen molar-refractivity contribution >= 4 is 28.4 Å². The van der Waals surface area contributed by atoms with Crippen molar-refractivity contribution in [1.82, 2.24) is 30.1 Å². The summed E-state index contributed by atoms with van der Waals surface area (Å²) in [6.07, 6.45) is 2.21. The van der Waals surface area contributed by atoms with Crippen LogP contribution in [0.25, 0.3) is 16.6 Å². The number of para-hydroxylation sites is 1. The predicted molar refractivity (Wildman–Crippen MR) is 107 cm³/mol. The summed E-state index contributed by atoms with van der Waals surface area (Å²) in [5.41, 5.74) is 4.41. The Hall–Kier alpha value is -3.39. The highest BCUT2D eigenvalue weighted by molar-refractivity contribution is 6.33. The molecule has 0 aliphatic carbocycles. The van der Waals surface area contributed by atoms with E-state index < -0.39 is 0 Å². The topological polar surface area (TPSA) is 88.9 Å². The van der Waals surface area contributed by atoms with E-state index in [2.05, 4.69) is 32.6 Å². The molecule has 0 saturated heterocycles. The van der Waals surface area contributed by atoms with Crippen LogP contribution in [0, 0.1) is 0 Å². The van der Waals surface area contributed by atoms with Gasteiger partial charge in [-0.3, -0.25) is 4.79 Å². The first-order valence-electron chi connectivity index (χ1n) is 9.14. The van der Waals surface area contributed by atoms with Gasteiger partial charge in [0.25, 0.3) is 5.91 Å². The van der Waals surface area contributed by atoms with Gasteiger partial charge in [-0.2, -0.15) is 4.68 Å². The molecule has 0 bridgehead atoms. The van der Waals surface area contributed by atoms with Crippen LogP contribution in [0.2, 0.25) is 5.02 Å². The molecule has 0 saturated carbocycles. The summed E-state index contributed by atoms with van der Waals surface area (Å²) in [5.74, 6) is 0.303. The molecule has 0 spiro atoms. The molecule has 9 heteroatoms. The number of aromatic nitrogens is 5. The maximum absolute atomic E-state index is 13.3. The van der Waals surface area contributed by atoms with E-state index in [4.69, 9.17) is 16.3 Å². The lowest BCUT2D eigenvalue weighted by Crippen LogP contribution is -2.36. The Balaban J connectivity index is 1.50. The lowest BCUT2D eigenvalue weighted by atomic mass is 10.0. The molecule has 3 heterocycles. The smallest absolute Gasteiger partial charge is 0.257 e. The average molecular weight is 409 g/mol. The number of carbonyl (C=O) groups excluding carboxylic acids is 1. The van der Waals surface area contributed by atoms with Gasteiger partial charge in [-0.1, -0.05) is 29.8 Å². The highest BCUT2D eigenvalue weighted by Crippen LogP contribution is 2.33. The third kappa shape index (κ3) is 2.92. The molecule has 0 radical (unpaired) electrons. The van der Waals surface area contributed by atoms with E-state index in [1.807, 2.05) is 17.0 Å². The number of methoxy groups -OCH3 is 1. The molecular formula is C20H17ClN6O2. The van der Waals surface area contributed by atoms with Gasteiger partial charge in [0, 0.05) is 47.7 Å². The van der Waals surface area contributed by atoms with E-state index in [1.54, 1.807) is 12.1 Å². The van der Waals surface area contributed by atoms with Gasteiger partial charge in [0.05, 0.1) is 23.4 Å². The molecule has 0 fully saturated rings. The number of tetrazole rings is 1. The summed E-state index contributed by atoms with van der Waals surface area (Å²) in [6, 6.07) is 11.4. The Labute approximate surface area is 171 Å². The van der Waals surface area contributed by atoms with Gasteiger partial charge in [-0.15, -0.1) is 5.10 Å². The molecule has 1 amide bonds. The zero-order valence-corrected chi connectivity index (χ0v) is 16.3. The van der Waals surface area contributed by atoms with Crippen molar-refractivity contribution in [2.75, 3.05) is 13.7 Å². The first kappa shape index (κ1) is 17.7. The van der Waals surface area contributed by atoms with Crippen molar-refractivity contribution in [1.29, 1.82) is 0 Å². The fourth-order valence-electron chi connectivity index (χ4n) is 3.84. The summed E-state index contributed by atoms with van der Waals surface area (Å²) in [7, 11) is 1.53. The second-order valence-corrected chi connectivity index (χ2v) is 7.27. The van der Waals surface area contributed by atoms with Crippen molar-refractivity contribution in [3.8, 4) is 11.4 Å². The van der Waals surface area contributed by atoms with Gasteiger partial charge >= 0.3 is 0 Å². The van der Waals surface area contributed by atoms with Crippen LogP contribution in [-0.4, -0.2) is 49.7 Å². The van der Waals surface area contributed by atoms with Crippen molar-refractivity contribution in [2.24, 2.45) is 0 Å². The number of hydrogen-bond acceptors (Lipinski definition) is 5. The summed E-state index contributed by atoms with van der Waals surface area (Å²) >= 11 is 6.43. The monoisotopic (exact) mass is 408 g/mol. The molecule has 1 aliphatic heterocycles. The van der Waals surface area contributed by atoms with E-state index in [0.29, 0.717) is 35.1 Å². The van der Waals surface area contributed by atoms with Crippen LogP contribution in [0.3, 0.4) is 0 Å². The van der Waals surface area contributed by atoms with E-state index in [0.717, 1.165) is 22.9 Å². The molecule has 4 aromatic rings. The predicted octanol–water partition coefficient (Wildman–Crippen LogP) is 3.00. The zero-order chi connectivity index (χ0) is 20.0. The van der Waals surface area contributed by atoms with Crippen LogP contribution < -0.4 is 4.74 Å². The molecule has 0 unspecified atom stereocenters. The van der Waals surface area contributed by atoms with Crippen LogP contribution in [0.1, 0.15) is 21.6 Å². The van der Waals surface area contributed by atoms with Crippen LogP contribution >= 0.6 is 11.6 Å². The number of rotatable bonds is 3. The Kier molecular flexibility index (Phi) is 4.21. The number of benzene rings is 2. The minimum atomic E-state index is -0.122. The molecular weight excluding hydrogens is 392 g/mol. The van der Waals surface area contributed by atoms with Gasteiger partial charge in [-0.05, 0) is 22.6 Å². The molecule has 8 nitrogen and oxygen atoms in total. The van der Waals surface area contributed by atoms with E-state index in [-0.39, 0.29) is 5.91 Å². The molecule has 1 N–H and O–H groups in total. The Bertz CT molecular complexity index is 1220. The van der Waals surface area contributed by atoms with E-state index in [9.17, 15) is 4.79 Å². The number of ether oxygens (including phenoxy) is 1. The Morgan fingerprint density at radius 1 is 1.28 bits per heavy atom. The first-order valence-corrected chi connectivity index (χ1v) is 9.52. The molecule has 146 valence electrons. The number of fused-ring (bicyclic) bond motifs is 3. The van der Waals surface area contributed by atoms with Crippen LogP contribution in [0.15, 0.2) is 42.7 Å². The fraction of sp³-hybridized carbons (Fsp3) is 0.200. The van der Waals surface area contributed by atoms with E-state index >= 15 is 0 Å². The number of hydrogen-bond donors (Lipinski definition) is 1. The molecule has 2 aromatic carbocycles.